The van der Waals surface area contributed by atoms with E-state index in [2.05, 4.69) is 21.3 Å². The summed E-state index contributed by atoms with van der Waals surface area (Å²) in [6.07, 6.45) is 5.11. The van der Waals surface area contributed by atoms with Crippen molar-refractivity contribution >= 4 is 47.0 Å². The monoisotopic (exact) mass is 740 g/mol. The molecule has 2 aliphatic rings. The Morgan fingerprint density at radius 2 is 1.52 bits per heavy atom. The minimum Gasteiger partial charge on any atom is -0.494 e. The molecule has 0 aliphatic carbocycles. The first-order chi connectivity index (χ1) is 26.2. The summed E-state index contributed by atoms with van der Waals surface area (Å²) in [5.74, 6) is -2.51. The van der Waals surface area contributed by atoms with Crippen molar-refractivity contribution in [2.75, 3.05) is 31.6 Å². The third-order valence-electron chi connectivity index (χ3n) is 9.14. The van der Waals surface area contributed by atoms with Crippen molar-refractivity contribution in [1.82, 2.24) is 26.3 Å². The van der Waals surface area contributed by atoms with Crippen LogP contribution >= 0.6 is 0 Å². The fraction of sp³-hybridized carbons (Fsp3) is 0.359. The molecule has 2 heterocycles. The van der Waals surface area contributed by atoms with Crippen LogP contribution in [-0.2, 0) is 20.8 Å². The van der Waals surface area contributed by atoms with Crippen LogP contribution in [-0.4, -0.2) is 83.7 Å². The quantitative estimate of drug-likeness (QED) is 0.0458. The molecule has 1 saturated heterocycles. The summed E-state index contributed by atoms with van der Waals surface area (Å²) >= 11 is 0. The van der Waals surface area contributed by atoms with Gasteiger partial charge in [0.15, 0.2) is 0 Å². The van der Waals surface area contributed by atoms with Crippen LogP contribution in [0.4, 0.5) is 5.69 Å². The van der Waals surface area contributed by atoms with Gasteiger partial charge in [-0.25, -0.2) is 5.48 Å². The highest BCUT2D eigenvalue weighted by atomic mass is 16.5. The van der Waals surface area contributed by atoms with Gasteiger partial charge in [0.1, 0.15) is 11.8 Å². The Morgan fingerprint density at radius 3 is 2.26 bits per heavy atom. The molecule has 3 aromatic carbocycles. The van der Waals surface area contributed by atoms with Gasteiger partial charge >= 0.3 is 0 Å². The highest BCUT2D eigenvalue weighted by Crippen LogP contribution is 2.32. The molecule has 0 spiro atoms. The molecule has 284 valence electrons. The lowest BCUT2D eigenvalue weighted by molar-refractivity contribution is -0.136. The van der Waals surface area contributed by atoms with Crippen molar-refractivity contribution in [3.8, 4) is 5.75 Å². The lowest BCUT2D eigenvalue weighted by Gasteiger charge is -2.27. The van der Waals surface area contributed by atoms with Gasteiger partial charge in [0.2, 0.25) is 17.7 Å². The van der Waals surface area contributed by atoms with Gasteiger partial charge in [-0.05, 0) is 80.1 Å². The number of ether oxygens (including phenoxy) is 1. The smallest absolute Gasteiger partial charge is 0.274 e. The number of amides is 7. The first kappa shape index (κ1) is 39.1. The van der Waals surface area contributed by atoms with Gasteiger partial charge in [-0.3, -0.25) is 49.0 Å². The number of unbranched alkanes of at least 4 members (excludes halogenated alkanes) is 3. The lowest BCUT2D eigenvalue weighted by Crippen LogP contribution is -2.54. The largest absolute Gasteiger partial charge is 0.494 e. The molecule has 2 aliphatic heterocycles. The number of nitrogens with one attached hydrogen (secondary N) is 5. The standard InChI is InChI=1S/C39H44N6O9/c46-32(12-7-23-54-28-15-13-25(14-16-28)19-22-42-35(48)26-8-5-9-27(24-26)36(49)44-53)41-21-4-2-1-3-20-40-30-11-6-10-29-34(30)39(52)45(38(29)51)31-17-18-33(47)43-37(31)50/h5-6,8-11,13-16,24,31,40,53H,1-4,7,12,17-23H2,(H,41,46)(H,42,48)(H,44,49)(H,43,47,50). The van der Waals surface area contributed by atoms with E-state index >= 15 is 0 Å². The number of fused-ring (bicyclic) bond motifs is 1. The molecular formula is C39H44N6O9. The van der Waals surface area contributed by atoms with Crippen molar-refractivity contribution < 1.29 is 43.5 Å². The summed E-state index contributed by atoms with van der Waals surface area (Å²) in [4.78, 5) is 87.3. The molecule has 5 rings (SSSR count). The van der Waals surface area contributed by atoms with Crippen LogP contribution in [0.2, 0.25) is 0 Å². The average Bonchev–Trinajstić information content (AvgIpc) is 3.43. The number of nitrogens with zero attached hydrogens (tertiary/aromatic N) is 1. The molecular weight excluding hydrogens is 696 g/mol. The van der Waals surface area contributed by atoms with Crippen molar-refractivity contribution in [1.29, 1.82) is 0 Å². The number of carbonyl (C=O) groups is 7. The highest BCUT2D eigenvalue weighted by molar-refractivity contribution is 6.25. The highest BCUT2D eigenvalue weighted by Gasteiger charge is 2.45. The maximum atomic E-state index is 13.2. The van der Waals surface area contributed by atoms with Crippen LogP contribution < -0.4 is 31.5 Å². The molecule has 0 bridgehead atoms. The summed E-state index contributed by atoms with van der Waals surface area (Å²) < 4.78 is 5.77. The number of piperidine rings is 1. The Labute approximate surface area is 312 Å². The Hall–Kier alpha value is -6.09. The maximum absolute atomic E-state index is 13.2. The lowest BCUT2D eigenvalue weighted by atomic mass is 10.0. The van der Waals surface area contributed by atoms with Gasteiger partial charge in [0.05, 0.1) is 17.7 Å². The second kappa shape index (κ2) is 19.1. The molecule has 1 fully saturated rings. The fourth-order valence-corrected chi connectivity index (χ4v) is 6.27. The van der Waals surface area contributed by atoms with E-state index in [1.807, 2.05) is 24.3 Å². The predicted molar refractivity (Wildman–Crippen MR) is 196 cm³/mol. The van der Waals surface area contributed by atoms with E-state index in [9.17, 15) is 33.6 Å². The third kappa shape index (κ3) is 10.3. The van der Waals surface area contributed by atoms with Crippen LogP contribution in [0.25, 0.3) is 0 Å². The van der Waals surface area contributed by atoms with E-state index in [1.165, 1.54) is 12.1 Å². The molecule has 6 N–H and O–H groups in total. The van der Waals surface area contributed by atoms with E-state index in [0.29, 0.717) is 62.5 Å². The molecule has 15 nitrogen and oxygen atoms in total. The topological polar surface area (TPSA) is 212 Å². The van der Waals surface area contributed by atoms with Gasteiger partial charge in [-0.1, -0.05) is 37.1 Å². The molecule has 3 aromatic rings. The molecule has 0 radical (unpaired) electrons. The minimum absolute atomic E-state index is 0.0375. The Balaban J connectivity index is 0.895. The molecule has 7 amide bonds. The zero-order valence-electron chi connectivity index (χ0n) is 29.8. The van der Waals surface area contributed by atoms with E-state index < -0.39 is 35.6 Å². The van der Waals surface area contributed by atoms with Crippen molar-refractivity contribution in [2.24, 2.45) is 0 Å². The van der Waals surface area contributed by atoms with Gasteiger partial charge in [-0.15, -0.1) is 0 Å². The average molecular weight is 741 g/mol. The number of hydrogen-bond donors (Lipinski definition) is 6. The van der Waals surface area contributed by atoms with E-state index in [0.717, 1.165) is 36.1 Å². The summed E-state index contributed by atoms with van der Waals surface area (Å²) in [5, 5.41) is 20.0. The first-order valence-electron chi connectivity index (χ1n) is 18.1. The van der Waals surface area contributed by atoms with Gasteiger partial charge in [0.25, 0.3) is 23.6 Å². The first-order valence-corrected chi connectivity index (χ1v) is 18.1. The zero-order chi connectivity index (χ0) is 38.5. The molecule has 1 unspecified atom stereocenters. The van der Waals surface area contributed by atoms with Crippen LogP contribution in [0.5, 0.6) is 5.75 Å². The number of imide groups is 2. The summed E-state index contributed by atoms with van der Waals surface area (Å²) in [5.41, 5.74) is 4.05. The minimum atomic E-state index is -1.01. The second-order valence-corrected chi connectivity index (χ2v) is 13.0. The van der Waals surface area contributed by atoms with E-state index in [4.69, 9.17) is 9.94 Å². The number of rotatable bonds is 19. The van der Waals surface area contributed by atoms with Crippen LogP contribution in [0.3, 0.4) is 0 Å². The molecule has 0 aromatic heterocycles. The summed E-state index contributed by atoms with van der Waals surface area (Å²) in [6, 6.07) is 17.5. The Kier molecular flexibility index (Phi) is 13.9. The van der Waals surface area contributed by atoms with Crippen molar-refractivity contribution in [3.63, 3.8) is 0 Å². The number of hydroxylamine groups is 1. The number of benzene rings is 3. The third-order valence-corrected chi connectivity index (χ3v) is 9.14. The summed E-state index contributed by atoms with van der Waals surface area (Å²) in [6.45, 7) is 1.93. The SMILES string of the molecule is O=C(CCCOc1ccc(CCNC(=O)c2cccc(C(=O)NO)c2)cc1)NCCCCCCNc1cccc2c1C(=O)N(C1CCC(=O)NC1=O)C2=O. The fourth-order valence-electron chi connectivity index (χ4n) is 6.27. The second-order valence-electron chi connectivity index (χ2n) is 13.0. The van der Waals surface area contributed by atoms with Crippen molar-refractivity contribution in [3.05, 3.63) is 94.5 Å². The van der Waals surface area contributed by atoms with Crippen LogP contribution in [0.1, 0.15) is 98.4 Å². The van der Waals surface area contributed by atoms with Gasteiger partial charge in [0, 0.05) is 49.3 Å². The number of hydrogen-bond acceptors (Lipinski definition) is 10. The maximum Gasteiger partial charge on any atom is 0.274 e. The van der Waals surface area contributed by atoms with Gasteiger partial charge < -0.3 is 20.7 Å². The van der Waals surface area contributed by atoms with E-state index in [-0.39, 0.29) is 41.3 Å². The number of carbonyl (C=O) groups excluding carboxylic acids is 7. The molecule has 15 heteroatoms. The normalized spacial score (nSPS) is 15.0. The Bertz CT molecular complexity index is 1880. The molecule has 54 heavy (non-hydrogen) atoms. The van der Waals surface area contributed by atoms with Crippen LogP contribution in [0, 0.1) is 0 Å². The van der Waals surface area contributed by atoms with Gasteiger partial charge in [-0.2, -0.15) is 0 Å². The van der Waals surface area contributed by atoms with E-state index in [1.54, 1.807) is 35.8 Å². The molecule has 0 saturated carbocycles. The zero-order valence-corrected chi connectivity index (χ0v) is 29.8. The van der Waals surface area contributed by atoms with Crippen LogP contribution in [0.15, 0.2) is 66.7 Å². The summed E-state index contributed by atoms with van der Waals surface area (Å²) in [7, 11) is 0. The van der Waals surface area contributed by atoms with Crippen molar-refractivity contribution in [2.45, 2.75) is 63.8 Å². The number of anilines is 1. The molecule has 1 atom stereocenters. The predicted octanol–water partition coefficient (Wildman–Crippen LogP) is 3.13. The Morgan fingerprint density at radius 1 is 0.796 bits per heavy atom.